The van der Waals surface area contributed by atoms with Crippen LogP contribution in [0.25, 0.3) is 0 Å². The summed E-state index contributed by atoms with van der Waals surface area (Å²) in [7, 11) is 0. The minimum atomic E-state index is -0.207. The van der Waals surface area contributed by atoms with Crippen LogP contribution in [0.15, 0.2) is 6.20 Å². The van der Waals surface area contributed by atoms with Gasteiger partial charge in [0.2, 0.25) is 0 Å². The maximum atomic E-state index is 12.7. The van der Waals surface area contributed by atoms with Crippen LogP contribution >= 0.6 is 0 Å². The van der Waals surface area contributed by atoms with Crippen molar-refractivity contribution in [3.05, 3.63) is 17.7 Å². The number of halogens is 1. The van der Waals surface area contributed by atoms with E-state index >= 15 is 0 Å². The summed E-state index contributed by atoms with van der Waals surface area (Å²) >= 11 is 0. The number of nitrogens with zero attached hydrogens (tertiary/aromatic N) is 2. The van der Waals surface area contributed by atoms with Crippen molar-refractivity contribution in [1.82, 2.24) is 9.78 Å². The molecule has 0 unspecified atom stereocenters. The number of rotatable bonds is 3. The predicted molar refractivity (Wildman–Crippen MR) is 41.8 cm³/mol. The molecule has 0 atom stereocenters. The summed E-state index contributed by atoms with van der Waals surface area (Å²) in [6, 6.07) is 0. The third kappa shape index (κ3) is 1.79. The first-order chi connectivity index (χ1) is 5.25. The van der Waals surface area contributed by atoms with Crippen LogP contribution in [0.1, 0.15) is 25.5 Å². The fourth-order valence-corrected chi connectivity index (χ4v) is 0.957. The standard InChI is InChI=1S/C8H13FN2/c1-3-4-5-11-7(2)8(9)6-10-11/h6H,3-5H2,1-2H3. The van der Waals surface area contributed by atoms with E-state index in [1.54, 1.807) is 11.6 Å². The minimum absolute atomic E-state index is 0.207. The Balaban J connectivity index is 2.63. The number of hydrogen-bond acceptors (Lipinski definition) is 1. The minimum Gasteiger partial charge on any atom is -0.267 e. The van der Waals surface area contributed by atoms with Gasteiger partial charge in [-0.25, -0.2) is 4.39 Å². The molecule has 1 rings (SSSR count). The van der Waals surface area contributed by atoms with Gasteiger partial charge in [0.15, 0.2) is 5.82 Å². The van der Waals surface area contributed by atoms with Crippen LogP contribution in [0.5, 0.6) is 0 Å². The molecule has 0 spiro atoms. The lowest BCUT2D eigenvalue weighted by atomic mass is 10.3. The maximum absolute atomic E-state index is 12.7. The van der Waals surface area contributed by atoms with Gasteiger partial charge < -0.3 is 0 Å². The van der Waals surface area contributed by atoms with Crippen LogP contribution in [0.4, 0.5) is 4.39 Å². The molecule has 0 saturated carbocycles. The molecule has 62 valence electrons. The largest absolute Gasteiger partial charge is 0.267 e. The summed E-state index contributed by atoms with van der Waals surface area (Å²) in [5.41, 5.74) is 0.637. The van der Waals surface area contributed by atoms with E-state index in [-0.39, 0.29) is 5.82 Å². The summed E-state index contributed by atoms with van der Waals surface area (Å²) in [4.78, 5) is 0. The molecule has 0 radical (unpaired) electrons. The highest BCUT2D eigenvalue weighted by molar-refractivity contribution is 5.00. The highest BCUT2D eigenvalue weighted by atomic mass is 19.1. The molecular formula is C8H13FN2. The smallest absolute Gasteiger partial charge is 0.163 e. The molecule has 0 amide bonds. The van der Waals surface area contributed by atoms with Gasteiger partial charge in [0.1, 0.15) is 0 Å². The Labute approximate surface area is 66.0 Å². The van der Waals surface area contributed by atoms with Gasteiger partial charge in [-0.1, -0.05) is 13.3 Å². The van der Waals surface area contributed by atoms with Gasteiger partial charge in [-0.2, -0.15) is 5.10 Å². The Bertz CT molecular complexity index is 230. The van der Waals surface area contributed by atoms with E-state index in [4.69, 9.17) is 0 Å². The Morgan fingerprint density at radius 1 is 1.64 bits per heavy atom. The Hall–Kier alpha value is -0.860. The molecule has 0 aliphatic carbocycles. The first-order valence-electron chi connectivity index (χ1n) is 3.93. The number of aromatic nitrogens is 2. The van der Waals surface area contributed by atoms with Gasteiger partial charge in [0.25, 0.3) is 0 Å². The molecule has 1 aromatic heterocycles. The first-order valence-corrected chi connectivity index (χ1v) is 3.93. The third-order valence-electron chi connectivity index (χ3n) is 1.77. The fourth-order valence-electron chi connectivity index (χ4n) is 0.957. The van der Waals surface area contributed by atoms with Crippen molar-refractivity contribution in [3.63, 3.8) is 0 Å². The Morgan fingerprint density at radius 2 is 2.36 bits per heavy atom. The van der Waals surface area contributed by atoms with Crippen molar-refractivity contribution in [2.45, 2.75) is 33.2 Å². The van der Waals surface area contributed by atoms with E-state index in [0.29, 0.717) is 5.69 Å². The lowest BCUT2D eigenvalue weighted by molar-refractivity contribution is 0.546. The van der Waals surface area contributed by atoms with Crippen LogP contribution in [-0.4, -0.2) is 9.78 Å². The lowest BCUT2D eigenvalue weighted by Gasteiger charge is -2.00. The summed E-state index contributed by atoms with van der Waals surface area (Å²) in [5, 5.41) is 3.89. The molecule has 3 heteroatoms. The molecule has 0 N–H and O–H groups in total. The van der Waals surface area contributed by atoms with Crippen molar-refractivity contribution in [1.29, 1.82) is 0 Å². The molecule has 1 heterocycles. The van der Waals surface area contributed by atoms with Crippen molar-refractivity contribution >= 4 is 0 Å². The highest BCUT2D eigenvalue weighted by Crippen LogP contribution is 2.05. The SMILES string of the molecule is CCCCn1ncc(F)c1C. The zero-order valence-corrected chi connectivity index (χ0v) is 6.97. The molecule has 0 bridgehead atoms. The molecule has 0 saturated heterocycles. The van der Waals surface area contributed by atoms with Crippen molar-refractivity contribution in [3.8, 4) is 0 Å². The van der Waals surface area contributed by atoms with Gasteiger partial charge in [0, 0.05) is 6.54 Å². The Kier molecular flexibility index (Phi) is 2.63. The van der Waals surface area contributed by atoms with E-state index in [2.05, 4.69) is 12.0 Å². The number of aryl methyl sites for hydroxylation is 1. The normalized spacial score (nSPS) is 10.5. The molecular weight excluding hydrogens is 143 g/mol. The van der Waals surface area contributed by atoms with Crippen LogP contribution in [0.2, 0.25) is 0 Å². The zero-order chi connectivity index (χ0) is 8.27. The van der Waals surface area contributed by atoms with Crippen molar-refractivity contribution < 1.29 is 4.39 Å². The molecule has 0 aromatic carbocycles. The van der Waals surface area contributed by atoms with E-state index in [1.807, 2.05) is 0 Å². The quantitative estimate of drug-likeness (QED) is 0.655. The third-order valence-corrected chi connectivity index (χ3v) is 1.77. The predicted octanol–water partition coefficient (Wildman–Crippen LogP) is 2.13. The highest BCUT2D eigenvalue weighted by Gasteiger charge is 2.03. The molecule has 0 aliphatic rings. The Morgan fingerprint density at radius 3 is 2.82 bits per heavy atom. The van der Waals surface area contributed by atoms with Crippen LogP contribution in [-0.2, 0) is 6.54 Å². The monoisotopic (exact) mass is 156 g/mol. The number of hydrogen-bond donors (Lipinski definition) is 0. The van der Waals surface area contributed by atoms with Gasteiger partial charge in [-0.3, -0.25) is 4.68 Å². The molecule has 0 aliphatic heterocycles. The zero-order valence-electron chi connectivity index (χ0n) is 6.97. The maximum Gasteiger partial charge on any atom is 0.163 e. The van der Waals surface area contributed by atoms with Crippen LogP contribution in [0, 0.1) is 12.7 Å². The van der Waals surface area contributed by atoms with E-state index in [0.717, 1.165) is 19.4 Å². The summed E-state index contributed by atoms with van der Waals surface area (Å²) < 4.78 is 14.4. The van der Waals surface area contributed by atoms with E-state index in [1.165, 1.54) is 6.20 Å². The molecule has 0 fully saturated rings. The first kappa shape index (κ1) is 8.24. The van der Waals surface area contributed by atoms with E-state index in [9.17, 15) is 4.39 Å². The fraction of sp³-hybridized carbons (Fsp3) is 0.625. The van der Waals surface area contributed by atoms with Gasteiger partial charge in [-0.15, -0.1) is 0 Å². The molecule has 2 nitrogen and oxygen atoms in total. The summed E-state index contributed by atoms with van der Waals surface area (Å²) in [6.07, 6.45) is 3.44. The van der Waals surface area contributed by atoms with Crippen molar-refractivity contribution in [2.75, 3.05) is 0 Å². The van der Waals surface area contributed by atoms with Gasteiger partial charge in [0.05, 0.1) is 11.9 Å². The van der Waals surface area contributed by atoms with E-state index < -0.39 is 0 Å². The average molecular weight is 156 g/mol. The topological polar surface area (TPSA) is 17.8 Å². The number of unbranched alkanes of at least 4 members (excludes halogenated alkanes) is 1. The van der Waals surface area contributed by atoms with Crippen molar-refractivity contribution in [2.24, 2.45) is 0 Å². The van der Waals surface area contributed by atoms with Crippen LogP contribution in [0.3, 0.4) is 0 Å². The summed E-state index contributed by atoms with van der Waals surface area (Å²) in [6.45, 7) is 4.68. The lowest BCUT2D eigenvalue weighted by Crippen LogP contribution is -2.01. The van der Waals surface area contributed by atoms with Gasteiger partial charge >= 0.3 is 0 Å². The van der Waals surface area contributed by atoms with Gasteiger partial charge in [-0.05, 0) is 13.3 Å². The average Bonchev–Trinajstić information content (AvgIpc) is 2.31. The van der Waals surface area contributed by atoms with Crippen LogP contribution < -0.4 is 0 Å². The summed E-state index contributed by atoms with van der Waals surface area (Å²) in [5.74, 6) is -0.207. The molecule has 11 heavy (non-hydrogen) atoms. The molecule has 1 aromatic rings. The second-order valence-electron chi connectivity index (χ2n) is 2.65. The second-order valence-corrected chi connectivity index (χ2v) is 2.65. The second kappa shape index (κ2) is 3.51.